The minimum absolute atomic E-state index is 0.0361. The van der Waals surface area contributed by atoms with Crippen molar-refractivity contribution >= 4 is 13.8 Å². The number of phosphoric acid groups is 1. The molecule has 0 saturated heterocycles. The smallest absolute Gasteiger partial charge is 0.344 e. The van der Waals surface area contributed by atoms with Crippen LogP contribution in [0.15, 0.2) is 35.9 Å². The van der Waals surface area contributed by atoms with E-state index in [2.05, 4.69) is 33.4 Å². The SMILES string of the molecule is C=C(C)[C@@H]1CCC(C)=C[C@H]1c1c(O)cc(CCCCC)cc1OC(=O)C1(OP(=O)([O-])OCCCCCCCCCC)CCC1. The summed E-state index contributed by atoms with van der Waals surface area (Å²) < 4.78 is 29.6. The molecule has 0 bridgehead atoms. The standard InChI is InChI=1S/C36H57O7P/c1-6-8-10-11-12-13-14-16-23-41-44(39,40)43-36(21-17-22-36)35(38)42-33-26-29(18-15-9-7-2)25-32(37)34(33)31-24-28(5)19-20-30(31)27(3)4/h24-26,30-31,37H,3,6-23H2,1-2,4-5H3,(H,39,40)/p-1/t30-,31+/m0/s1. The molecule has 2 aliphatic rings. The molecule has 0 aliphatic heterocycles. The molecule has 3 rings (SSSR count). The molecule has 3 atom stereocenters. The Hall–Kier alpha value is -1.92. The first kappa shape index (κ1) is 36.5. The summed E-state index contributed by atoms with van der Waals surface area (Å²) in [6.45, 7) is 12.6. The second-order valence-electron chi connectivity index (χ2n) is 13.1. The van der Waals surface area contributed by atoms with Crippen LogP contribution in [0, 0.1) is 5.92 Å². The summed E-state index contributed by atoms with van der Waals surface area (Å²) in [6, 6.07) is 3.61. The molecule has 1 fully saturated rings. The van der Waals surface area contributed by atoms with E-state index in [-0.39, 0.29) is 42.8 Å². The van der Waals surface area contributed by atoms with Gasteiger partial charge in [0, 0.05) is 11.5 Å². The first-order valence-corrected chi connectivity index (χ1v) is 18.5. The molecule has 0 radical (unpaired) electrons. The van der Waals surface area contributed by atoms with E-state index < -0.39 is 19.4 Å². The van der Waals surface area contributed by atoms with Gasteiger partial charge in [0.2, 0.25) is 0 Å². The van der Waals surface area contributed by atoms with Crippen LogP contribution in [0.2, 0.25) is 0 Å². The molecule has 7 nitrogen and oxygen atoms in total. The molecular formula is C36H56O7P-. The van der Waals surface area contributed by atoms with Gasteiger partial charge in [-0.1, -0.05) is 95.4 Å². The molecule has 1 aromatic carbocycles. The lowest BCUT2D eigenvalue weighted by Crippen LogP contribution is -2.50. The first-order chi connectivity index (χ1) is 21.0. The lowest BCUT2D eigenvalue weighted by atomic mass is 9.73. The van der Waals surface area contributed by atoms with Crippen LogP contribution in [-0.4, -0.2) is 23.3 Å². The van der Waals surface area contributed by atoms with Crippen molar-refractivity contribution in [3.63, 3.8) is 0 Å². The maximum atomic E-state index is 13.7. The van der Waals surface area contributed by atoms with Crippen molar-refractivity contribution in [2.24, 2.45) is 5.92 Å². The summed E-state index contributed by atoms with van der Waals surface area (Å²) in [7, 11) is -4.74. The predicted octanol–water partition coefficient (Wildman–Crippen LogP) is 9.61. The van der Waals surface area contributed by atoms with Gasteiger partial charge in [-0.05, 0) is 88.8 Å². The van der Waals surface area contributed by atoms with E-state index in [9.17, 15) is 19.4 Å². The number of hydrogen-bond acceptors (Lipinski definition) is 7. The number of benzene rings is 1. The van der Waals surface area contributed by atoms with Gasteiger partial charge in [0.05, 0.1) is 6.61 Å². The van der Waals surface area contributed by atoms with Crippen molar-refractivity contribution in [1.29, 1.82) is 0 Å². The van der Waals surface area contributed by atoms with Crippen LogP contribution >= 0.6 is 7.82 Å². The maximum Gasteiger partial charge on any atom is 0.344 e. The quantitative estimate of drug-likeness (QED) is 0.0502. The second kappa shape index (κ2) is 17.7. The molecule has 1 N–H and O–H groups in total. The monoisotopic (exact) mass is 631 g/mol. The van der Waals surface area contributed by atoms with Crippen LogP contribution in [0.25, 0.3) is 0 Å². The van der Waals surface area contributed by atoms with Gasteiger partial charge in [0.25, 0.3) is 7.82 Å². The van der Waals surface area contributed by atoms with Gasteiger partial charge >= 0.3 is 5.97 Å². The lowest BCUT2D eigenvalue weighted by molar-refractivity contribution is -0.243. The molecule has 8 heteroatoms. The number of carbonyl (C=O) groups excluding carboxylic acids is 1. The van der Waals surface area contributed by atoms with Crippen molar-refractivity contribution in [2.75, 3.05) is 6.61 Å². The highest BCUT2D eigenvalue weighted by molar-refractivity contribution is 7.46. The van der Waals surface area contributed by atoms with Gasteiger partial charge in [-0.15, -0.1) is 0 Å². The Morgan fingerprint density at radius 1 is 1.05 bits per heavy atom. The number of ether oxygens (including phenoxy) is 1. The molecule has 0 amide bonds. The van der Waals surface area contributed by atoms with Crippen molar-refractivity contribution in [3.05, 3.63) is 47.1 Å². The zero-order valence-electron chi connectivity index (χ0n) is 27.7. The third kappa shape index (κ3) is 10.6. The molecule has 0 aromatic heterocycles. The summed E-state index contributed by atoms with van der Waals surface area (Å²) in [5, 5.41) is 11.4. The van der Waals surface area contributed by atoms with Gasteiger partial charge in [-0.3, -0.25) is 9.09 Å². The van der Waals surface area contributed by atoms with Gasteiger partial charge in [-0.2, -0.15) is 0 Å². The normalized spacial score (nSPS) is 20.8. The maximum absolute atomic E-state index is 13.7. The highest BCUT2D eigenvalue weighted by atomic mass is 31.2. The number of phenolic OH excluding ortho intramolecular Hbond substituents is 1. The predicted molar refractivity (Wildman–Crippen MR) is 175 cm³/mol. The van der Waals surface area contributed by atoms with Crippen LogP contribution in [-0.2, 0) is 24.8 Å². The van der Waals surface area contributed by atoms with E-state index in [0.29, 0.717) is 18.4 Å². The minimum atomic E-state index is -4.74. The Bertz CT molecular complexity index is 1170. The first-order valence-electron chi connectivity index (χ1n) is 17.1. The van der Waals surface area contributed by atoms with E-state index in [1.54, 1.807) is 6.07 Å². The number of esters is 1. The fourth-order valence-electron chi connectivity index (χ4n) is 6.39. The Morgan fingerprint density at radius 2 is 1.68 bits per heavy atom. The molecule has 1 aromatic rings. The van der Waals surface area contributed by atoms with Crippen molar-refractivity contribution in [3.8, 4) is 11.5 Å². The van der Waals surface area contributed by atoms with E-state index in [4.69, 9.17) is 13.8 Å². The summed E-state index contributed by atoms with van der Waals surface area (Å²) in [6.07, 6.45) is 17.5. The van der Waals surface area contributed by atoms with Gasteiger partial charge in [-0.25, -0.2) is 4.79 Å². The Labute approximate surface area is 266 Å². The largest absolute Gasteiger partial charge is 0.756 e. The molecule has 248 valence electrons. The lowest BCUT2D eigenvalue weighted by Gasteiger charge is -2.42. The molecule has 44 heavy (non-hydrogen) atoms. The molecule has 0 spiro atoms. The van der Waals surface area contributed by atoms with E-state index >= 15 is 0 Å². The number of rotatable bonds is 20. The van der Waals surface area contributed by atoms with Gasteiger partial charge < -0.3 is 19.3 Å². The number of aryl methyl sites for hydroxylation is 1. The number of allylic oxidation sites excluding steroid dienone is 3. The number of carbonyl (C=O) groups is 1. The van der Waals surface area contributed by atoms with E-state index in [0.717, 1.165) is 68.9 Å². The molecular weight excluding hydrogens is 575 g/mol. The number of aromatic hydroxyl groups is 1. The Balaban J connectivity index is 1.75. The third-order valence-corrected chi connectivity index (χ3v) is 10.3. The summed E-state index contributed by atoms with van der Waals surface area (Å²) in [5.74, 6) is -0.554. The number of phosphoric ester groups is 1. The van der Waals surface area contributed by atoms with Crippen LogP contribution in [0.4, 0.5) is 0 Å². The fourth-order valence-corrected chi connectivity index (χ4v) is 7.48. The van der Waals surface area contributed by atoms with Crippen LogP contribution in [0.5, 0.6) is 11.5 Å². The number of unbranched alkanes of at least 4 members (excludes halogenated alkanes) is 9. The topological polar surface area (TPSA) is 105 Å². The number of phenols is 1. The molecule has 1 unspecified atom stereocenters. The zero-order valence-corrected chi connectivity index (χ0v) is 28.6. The highest BCUT2D eigenvalue weighted by Crippen LogP contribution is 2.52. The Morgan fingerprint density at radius 3 is 2.30 bits per heavy atom. The van der Waals surface area contributed by atoms with Crippen molar-refractivity contribution in [2.45, 2.75) is 148 Å². The van der Waals surface area contributed by atoms with Gasteiger partial charge in [0.15, 0.2) is 5.60 Å². The summed E-state index contributed by atoms with van der Waals surface area (Å²) in [5.41, 5.74) is 2.00. The fraction of sp³-hybridized carbons (Fsp3) is 0.694. The van der Waals surface area contributed by atoms with Crippen LogP contribution in [0.1, 0.15) is 147 Å². The molecule has 2 aliphatic carbocycles. The third-order valence-electron chi connectivity index (χ3n) is 9.23. The van der Waals surface area contributed by atoms with Gasteiger partial charge in [0.1, 0.15) is 11.5 Å². The van der Waals surface area contributed by atoms with Crippen molar-refractivity contribution < 1.29 is 33.1 Å². The number of hydrogen-bond donors (Lipinski definition) is 1. The zero-order chi connectivity index (χ0) is 32.2. The van der Waals surface area contributed by atoms with Crippen molar-refractivity contribution in [1.82, 2.24) is 0 Å². The summed E-state index contributed by atoms with van der Waals surface area (Å²) in [4.78, 5) is 26.6. The summed E-state index contributed by atoms with van der Waals surface area (Å²) >= 11 is 0. The Kier molecular flexibility index (Phi) is 14.7. The van der Waals surface area contributed by atoms with Crippen LogP contribution < -0.4 is 9.63 Å². The van der Waals surface area contributed by atoms with E-state index in [1.807, 2.05) is 13.0 Å². The molecule has 0 heterocycles. The van der Waals surface area contributed by atoms with E-state index in [1.165, 1.54) is 31.3 Å². The average molecular weight is 632 g/mol. The minimum Gasteiger partial charge on any atom is -0.756 e. The molecule has 1 saturated carbocycles. The average Bonchev–Trinajstić information content (AvgIpc) is 2.94. The van der Waals surface area contributed by atoms with Crippen LogP contribution in [0.3, 0.4) is 0 Å². The highest BCUT2D eigenvalue weighted by Gasteiger charge is 2.50. The second-order valence-corrected chi connectivity index (χ2v) is 14.4.